The molecule has 0 aliphatic carbocycles. The fourth-order valence-corrected chi connectivity index (χ4v) is 3.46. The zero-order valence-electron chi connectivity index (χ0n) is 14.3. The summed E-state index contributed by atoms with van der Waals surface area (Å²) in [5.74, 6) is 0.519. The van der Waals surface area contributed by atoms with Crippen LogP contribution in [0.5, 0.6) is 5.88 Å². The van der Waals surface area contributed by atoms with Gasteiger partial charge in [0.25, 0.3) is 0 Å². The van der Waals surface area contributed by atoms with Gasteiger partial charge in [0, 0.05) is 25.2 Å². The molecule has 0 aliphatic rings. The van der Waals surface area contributed by atoms with E-state index < -0.39 is 0 Å². The second-order valence-corrected chi connectivity index (χ2v) is 7.08. The highest BCUT2D eigenvalue weighted by Crippen LogP contribution is 2.29. The van der Waals surface area contributed by atoms with Crippen molar-refractivity contribution in [3.63, 3.8) is 0 Å². The molecule has 3 N–H and O–H groups in total. The average molecular weight is 353 g/mol. The Labute approximate surface area is 152 Å². The highest BCUT2D eigenvalue weighted by Gasteiger charge is 2.11. The minimum Gasteiger partial charge on any atom is -0.492 e. The third-order valence-electron chi connectivity index (χ3n) is 4.06. The van der Waals surface area contributed by atoms with Crippen molar-refractivity contribution >= 4 is 22.2 Å². The first-order valence-electron chi connectivity index (χ1n) is 8.49. The Morgan fingerprint density at radius 3 is 2.40 bits per heavy atom. The number of benzene rings is 2. The highest BCUT2D eigenvalue weighted by atomic mass is 32.1. The summed E-state index contributed by atoms with van der Waals surface area (Å²) in [6.45, 7) is 3.73. The van der Waals surface area contributed by atoms with E-state index in [0.29, 0.717) is 5.92 Å². The predicted octanol–water partition coefficient (Wildman–Crippen LogP) is 4.72. The van der Waals surface area contributed by atoms with Gasteiger partial charge in [0.1, 0.15) is 0 Å². The molecule has 0 aliphatic heterocycles. The molecule has 0 saturated heterocycles. The summed E-state index contributed by atoms with van der Waals surface area (Å²) in [5.41, 5.74) is 2.38. The smallest absolute Gasteiger partial charge is 0.227 e. The molecular formula is C20H23N3OS. The lowest BCUT2D eigenvalue weighted by Crippen LogP contribution is -2.09. The molecule has 3 aromatic rings. The van der Waals surface area contributed by atoms with Crippen LogP contribution in [0.1, 0.15) is 23.3 Å². The van der Waals surface area contributed by atoms with Crippen molar-refractivity contribution in [3.05, 3.63) is 71.1 Å². The first-order valence-corrected chi connectivity index (χ1v) is 9.30. The maximum absolute atomic E-state index is 10.0. The first-order chi connectivity index (χ1) is 12.2. The van der Waals surface area contributed by atoms with E-state index in [-0.39, 0.29) is 5.88 Å². The molecule has 0 bridgehead atoms. The molecule has 0 radical (unpaired) electrons. The highest BCUT2D eigenvalue weighted by molar-refractivity contribution is 7.15. The summed E-state index contributed by atoms with van der Waals surface area (Å²) in [6.07, 6.45) is 0.744. The molecule has 0 spiro atoms. The molecule has 0 amide bonds. The maximum Gasteiger partial charge on any atom is 0.227 e. The molecular weight excluding hydrogens is 330 g/mol. The van der Waals surface area contributed by atoms with Gasteiger partial charge in [-0.25, -0.2) is 0 Å². The Balaban J connectivity index is 1.50. The van der Waals surface area contributed by atoms with Crippen molar-refractivity contribution < 1.29 is 5.11 Å². The number of nitrogens with one attached hydrogen (secondary N) is 2. The van der Waals surface area contributed by atoms with Crippen LogP contribution in [0, 0.1) is 0 Å². The van der Waals surface area contributed by atoms with Crippen LogP contribution in [0.25, 0.3) is 0 Å². The Morgan fingerprint density at radius 2 is 1.68 bits per heavy atom. The van der Waals surface area contributed by atoms with E-state index in [9.17, 15) is 5.11 Å². The number of hydrogen-bond acceptors (Lipinski definition) is 5. The van der Waals surface area contributed by atoms with E-state index in [1.165, 1.54) is 16.9 Å². The summed E-state index contributed by atoms with van der Waals surface area (Å²) >= 11 is 1.52. The number of anilines is 2. The number of aromatic hydroxyl groups is 1. The summed E-state index contributed by atoms with van der Waals surface area (Å²) in [5, 5.41) is 17.5. The average Bonchev–Trinajstić information content (AvgIpc) is 3.01. The Bertz CT molecular complexity index is 774. The third kappa shape index (κ3) is 4.97. The molecule has 1 atom stereocenters. The van der Waals surface area contributed by atoms with Gasteiger partial charge >= 0.3 is 0 Å². The fourth-order valence-electron chi connectivity index (χ4n) is 2.60. The summed E-state index contributed by atoms with van der Waals surface area (Å²) in [7, 11) is 0. The van der Waals surface area contributed by atoms with Crippen LogP contribution in [0.15, 0.2) is 60.7 Å². The van der Waals surface area contributed by atoms with E-state index >= 15 is 0 Å². The van der Waals surface area contributed by atoms with Crippen molar-refractivity contribution in [1.29, 1.82) is 0 Å². The van der Waals surface area contributed by atoms with Gasteiger partial charge in [0.05, 0.1) is 4.88 Å². The van der Waals surface area contributed by atoms with Gasteiger partial charge in [-0.15, -0.1) is 0 Å². The largest absolute Gasteiger partial charge is 0.492 e. The zero-order chi connectivity index (χ0) is 17.5. The fraction of sp³-hybridized carbons (Fsp3) is 0.250. The molecule has 0 unspecified atom stereocenters. The number of nitrogens with zero attached hydrogens (tertiary/aromatic N) is 1. The number of rotatable bonds is 8. The van der Waals surface area contributed by atoms with E-state index in [1.54, 1.807) is 0 Å². The molecule has 25 heavy (non-hydrogen) atoms. The minimum atomic E-state index is 0.134. The predicted molar refractivity (Wildman–Crippen MR) is 106 cm³/mol. The van der Waals surface area contributed by atoms with Crippen molar-refractivity contribution in [2.24, 2.45) is 0 Å². The number of aromatic nitrogens is 1. The van der Waals surface area contributed by atoms with Gasteiger partial charge in [-0.3, -0.25) is 0 Å². The Kier molecular flexibility index (Phi) is 5.90. The maximum atomic E-state index is 10.0. The van der Waals surface area contributed by atoms with Crippen molar-refractivity contribution in [1.82, 2.24) is 4.98 Å². The molecule has 3 rings (SSSR count). The molecule has 1 heterocycles. The second-order valence-electron chi connectivity index (χ2n) is 6.00. The topological polar surface area (TPSA) is 57.2 Å². The Morgan fingerprint density at radius 1 is 1.00 bits per heavy atom. The molecule has 2 aromatic carbocycles. The number of para-hydroxylation sites is 1. The van der Waals surface area contributed by atoms with Crippen LogP contribution in [0.2, 0.25) is 0 Å². The van der Waals surface area contributed by atoms with E-state index in [2.05, 4.69) is 46.8 Å². The molecule has 5 heteroatoms. The van der Waals surface area contributed by atoms with Crippen molar-refractivity contribution in [3.8, 4) is 5.88 Å². The van der Waals surface area contributed by atoms with Crippen LogP contribution in [-0.2, 0) is 6.42 Å². The molecule has 4 nitrogen and oxygen atoms in total. The second kappa shape index (κ2) is 8.53. The normalized spacial score (nSPS) is 11.9. The third-order valence-corrected chi connectivity index (χ3v) is 5.12. The molecule has 0 fully saturated rings. The quantitative estimate of drug-likeness (QED) is 0.548. The van der Waals surface area contributed by atoms with E-state index in [0.717, 1.165) is 35.2 Å². The van der Waals surface area contributed by atoms with Gasteiger partial charge in [0.2, 0.25) is 5.88 Å². The van der Waals surface area contributed by atoms with Crippen LogP contribution in [0.3, 0.4) is 0 Å². The summed E-state index contributed by atoms with van der Waals surface area (Å²) < 4.78 is 0. The lowest BCUT2D eigenvalue weighted by Gasteiger charge is -2.11. The van der Waals surface area contributed by atoms with Gasteiger partial charge in [-0.05, 0) is 23.6 Å². The van der Waals surface area contributed by atoms with Gasteiger partial charge < -0.3 is 15.7 Å². The van der Waals surface area contributed by atoms with Gasteiger partial charge in [-0.1, -0.05) is 66.8 Å². The monoisotopic (exact) mass is 353 g/mol. The number of thiazole rings is 1. The molecule has 1 aromatic heterocycles. The van der Waals surface area contributed by atoms with Crippen LogP contribution in [-0.4, -0.2) is 23.2 Å². The summed E-state index contributed by atoms with van der Waals surface area (Å²) in [6, 6.07) is 20.5. The van der Waals surface area contributed by atoms with E-state index in [1.807, 2.05) is 36.4 Å². The zero-order valence-corrected chi connectivity index (χ0v) is 15.1. The van der Waals surface area contributed by atoms with Crippen molar-refractivity contribution in [2.75, 3.05) is 23.7 Å². The first kappa shape index (κ1) is 17.3. The van der Waals surface area contributed by atoms with Gasteiger partial charge in [-0.2, -0.15) is 4.98 Å². The van der Waals surface area contributed by atoms with Gasteiger partial charge in [0.15, 0.2) is 5.13 Å². The summed E-state index contributed by atoms with van der Waals surface area (Å²) in [4.78, 5) is 5.14. The lowest BCUT2D eigenvalue weighted by molar-refractivity contribution is 0.452. The number of hydrogen-bond donors (Lipinski definition) is 3. The standard InChI is InChI=1S/C20H23N3OS/c1-15(16-8-4-2-5-9-16)14-22-20-23-19(24)18(25-20)12-13-21-17-10-6-3-7-11-17/h2-11,15,21,24H,12-14H2,1H3,(H,22,23)/t15-/m0/s1. The minimum absolute atomic E-state index is 0.134. The molecule has 0 saturated carbocycles. The molecule has 130 valence electrons. The van der Waals surface area contributed by atoms with Crippen LogP contribution >= 0.6 is 11.3 Å². The van der Waals surface area contributed by atoms with E-state index in [4.69, 9.17) is 0 Å². The SMILES string of the molecule is C[C@@H](CNc1nc(O)c(CCNc2ccccc2)s1)c1ccccc1. The van der Waals surface area contributed by atoms with Crippen LogP contribution < -0.4 is 10.6 Å². The van der Waals surface area contributed by atoms with Crippen molar-refractivity contribution in [2.45, 2.75) is 19.3 Å². The lowest BCUT2D eigenvalue weighted by atomic mass is 10.0. The van der Waals surface area contributed by atoms with Crippen LogP contribution in [0.4, 0.5) is 10.8 Å². The Hall–Kier alpha value is -2.53.